The van der Waals surface area contributed by atoms with Gasteiger partial charge in [0.05, 0.1) is 62.0 Å². The van der Waals surface area contributed by atoms with Crippen LogP contribution in [0.3, 0.4) is 0 Å². The van der Waals surface area contributed by atoms with Crippen LogP contribution in [0.4, 0.5) is 4.79 Å². The summed E-state index contributed by atoms with van der Waals surface area (Å²) in [7, 11) is 1.34. The molecule has 2 amide bonds. The second kappa shape index (κ2) is 16.4. The van der Waals surface area contributed by atoms with Gasteiger partial charge in [0.1, 0.15) is 11.9 Å². The van der Waals surface area contributed by atoms with Gasteiger partial charge in [-0.2, -0.15) is 0 Å². The summed E-state index contributed by atoms with van der Waals surface area (Å²) >= 11 is 0. The average Bonchev–Trinajstić information content (AvgIpc) is 4.11. The number of fused-ring (bicyclic) bond motifs is 6. The number of nitrogens with zero attached hydrogens (tertiary/aromatic N) is 4. The standard InChI is InChI=1S/C46H58N8O4/c1-4-28(2)43(50-46(56)57-3)45(55)53-21-5-7-34(53)26-54-39-18-15-31(24-37(39)51-54)36-17-16-35(41-32-13-14-33(23-32)42(36)41)29-9-11-30(12-10-29)38-25-48-44(49-38)40-8-6-20-52(40)27-58-22-19-47/h9-12,15-18,24-25,28,32-34,40,43,51H,4-8,13-14,19-23,26-27,47H2,1-3H3,(H,48,49)(H,50,56)/t28-,32?,33?,34-,40?,43?/m0/s1. The van der Waals surface area contributed by atoms with Crippen LogP contribution in [0.2, 0.25) is 0 Å². The molecular weight excluding hydrogens is 729 g/mol. The molecule has 4 unspecified atom stereocenters. The van der Waals surface area contributed by atoms with Gasteiger partial charge in [0.15, 0.2) is 0 Å². The molecular formula is C46H58N8O4. The number of methoxy groups -OCH3 is 1. The van der Waals surface area contributed by atoms with Crippen molar-refractivity contribution in [3.63, 3.8) is 0 Å². The van der Waals surface area contributed by atoms with Gasteiger partial charge in [0.25, 0.3) is 0 Å². The molecule has 5 N–H and O–H groups in total. The van der Waals surface area contributed by atoms with E-state index >= 15 is 0 Å². The first-order valence-electron chi connectivity index (χ1n) is 21.5. The molecule has 2 bridgehead atoms. The van der Waals surface area contributed by atoms with Crippen molar-refractivity contribution >= 4 is 23.0 Å². The molecule has 3 fully saturated rings. The number of aromatic nitrogens is 4. The highest BCUT2D eigenvalue weighted by molar-refractivity contribution is 5.88. The first kappa shape index (κ1) is 38.6. The highest BCUT2D eigenvalue weighted by Crippen LogP contribution is 2.58. The maximum atomic E-state index is 13.8. The summed E-state index contributed by atoms with van der Waals surface area (Å²) in [5.41, 5.74) is 18.4. The largest absolute Gasteiger partial charge is 0.453 e. The molecule has 0 radical (unpaired) electrons. The third kappa shape index (κ3) is 7.13. The van der Waals surface area contributed by atoms with Crippen LogP contribution < -0.4 is 11.1 Å². The number of rotatable bonds is 14. The molecule has 12 nitrogen and oxygen atoms in total. The van der Waals surface area contributed by atoms with Gasteiger partial charge in [-0.25, -0.2) is 9.78 Å². The topological polar surface area (TPSA) is 147 Å². The van der Waals surface area contributed by atoms with E-state index in [1.54, 1.807) is 11.1 Å². The van der Waals surface area contributed by atoms with E-state index in [4.69, 9.17) is 20.2 Å². The molecule has 3 aromatic carbocycles. The fraction of sp³-hybridized carbons (Fsp3) is 0.500. The SMILES string of the molecule is CC[C@H](C)C(NC(=O)OC)C(=O)N1CCC[C@H]1Cn1[nH]c2cc(-c3ccc(-c4ccc(-c5cnc(C6CCCN6COCCN)[nH]5)cc4)c4c3C3CCC4C3)ccc21. The van der Waals surface area contributed by atoms with Crippen LogP contribution in [0.15, 0.2) is 60.8 Å². The van der Waals surface area contributed by atoms with E-state index in [2.05, 4.69) is 79.6 Å². The quantitative estimate of drug-likeness (QED) is 0.0838. The number of aromatic amines is 2. The van der Waals surface area contributed by atoms with Gasteiger partial charge < -0.3 is 30.4 Å². The summed E-state index contributed by atoms with van der Waals surface area (Å²) in [5.74, 6) is 2.19. The van der Waals surface area contributed by atoms with Crippen LogP contribution >= 0.6 is 0 Å². The molecule has 4 heterocycles. The van der Waals surface area contributed by atoms with Gasteiger partial charge in [0, 0.05) is 19.6 Å². The monoisotopic (exact) mass is 786 g/mol. The molecule has 1 saturated carbocycles. The molecule has 2 saturated heterocycles. The maximum Gasteiger partial charge on any atom is 0.407 e. The number of hydrogen-bond acceptors (Lipinski definition) is 7. The third-order valence-corrected chi connectivity index (χ3v) is 13.7. The van der Waals surface area contributed by atoms with Crippen molar-refractivity contribution in [1.29, 1.82) is 0 Å². The first-order chi connectivity index (χ1) is 28.3. The van der Waals surface area contributed by atoms with Crippen molar-refractivity contribution in [2.45, 2.75) is 102 Å². The van der Waals surface area contributed by atoms with E-state index in [0.29, 0.717) is 44.8 Å². The minimum absolute atomic E-state index is 0.00362. The van der Waals surface area contributed by atoms with Crippen molar-refractivity contribution in [2.75, 3.05) is 40.1 Å². The Morgan fingerprint density at radius 1 is 0.948 bits per heavy atom. The molecule has 2 aromatic heterocycles. The number of carbonyl (C=O) groups is 2. The summed E-state index contributed by atoms with van der Waals surface area (Å²) in [4.78, 5) is 38.6. The summed E-state index contributed by atoms with van der Waals surface area (Å²) in [6.07, 6.45) is 10.0. The summed E-state index contributed by atoms with van der Waals surface area (Å²) in [6.45, 7) is 8.14. The fourth-order valence-corrected chi connectivity index (χ4v) is 10.5. The number of imidazole rings is 1. The van der Waals surface area contributed by atoms with E-state index in [1.807, 2.05) is 24.9 Å². The summed E-state index contributed by atoms with van der Waals surface area (Å²) in [5, 5.41) is 6.40. The molecule has 2 aliphatic heterocycles. The number of alkyl carbamates (subject to hydrolysis) is 1. The van der Waals surface area contributed by atoms with Gasteiger partial charge in [0.2, 0.25) is 5.91 Å². The van der Waals surface area contributed by atoms with E-state index in [-0.39, 0.29) is 23.9 Å². The lowest BCUT2D eigenvalue weighted by atomic mass is 9.81. The number of carbonyl (C=O) groups excluding carboxylic acids is 2. The van der Waals surface area contributed by atoms with Gasteiger partial charge in [-0.3, -0.25) is 19.5 Å². The molecule has 5 aromatic rings. The lowest BCUT2D eigenvalue weighted by molar-refractivity contribution is -0.135. The van der Waals surface area contributed by atoms with Crippen molar-refractivity contribution in [2.24, 2.45) is 11.7 Å². The highest BCUT2D eigenvalue weighted by atomic mass is 16.5. The zero-order valence-electron chi connectivity index (χ0n) is 34.1. The highest BCUT2D eigenvalue weighted by Gasteiger charge is 2.41. The van der Waals surface area contributed by atoms with E-state index in [0.717, 1.165) is 66.8 Å². The van der Waals surface area contributed by atoms with Crippen LogP contribution in [0, 0.1) is 5.92 Å². The molecule has 58 heavy (non-hydrogen) atoms. The van der Waals surface area contributed by atoms with Crippen molar-refractivity contribution in [1.82, 2.24) is 34.9 Å². The lowest BCUT2D eigenvalue weighted by Gasteiger charge is -2.32. The summed E-state index contributed by atoms with van der Waals surface area (Å²) in [6, 6.07) is 20.2. The molecule has 9 rings (SSSR count). The Bertz CT molecular complexity index is 2260. The van der Waals surface area contributed by atoms with Gasteiger partial charge >= 0.3 is 6.09 Å². The zero-order valence-corrected chi connectivity index (χ0v) is 34.1. The number of ether oxygens (including phenoxy) is 2. The van der Waals surface area contributed by atoms with Gasteiger partial charge in [-0.15, -0.1) is 0 Å². The Kier molecular flexibility index (Phi) is 10.9. The summed E-state index contributed by atoms with van der Waals surface area (Å²) < 4.78 is 12.8. The first-order valence-corrected chi connectivity index (χ1v) is 21.5. The van der Waals surface area contributed by atoms with Crippen LogP contribution in [0.5, 0.6) is 0 Å². The Morgan fingerprint density at radius 3 is 2.40 bits per heavy atom. The molecule has 12 heteroatoms. The molecule has 0 spiro atoms. The van der Waals surface area contributed by atoms with Crippen molar-refractivity contribution in [3.05, 3.63) is 77.7 Å². The minimum Gasteiger partial charge on any atom is -0.453 e. The molecule has 306 valence electrons. The predicted molar refractivity (Wildman–Crippen MR) is 226 cm³/mol. The Morgan fingerprint density at radius 2 is 1.67 bits per heavy atom. The molecule has 4 aliphatic rings. The third-order valence-electron chi connectivity index (χ3n) is 13.7. The van der Waals surface area contributed by atoms with Crippen LogP contribution in [-0.2, 0) is 20.8 Å². The fourth-order valence-electron chi connectivity index (χ4n) is 10.5. The second-order valence-electron chi connectivity index (χ2n) is 17.0. The van der Waals surface area contributed by atoms with E-state index in [1.165, 1.54) is 48.6 Å². The van der Waals surface area contributed by atoms with Crippen LogP contribution in [-0.4, -0.2) is 93.7 Å². The van der Waals surface area contributed by atoms with Gasteiger partial charge in [-0.1, -0.05) is 62.7 Å². The van der Waals surface area contributed by atoms with Crippen molar-refractivity contribution < 1.29 is 19.1 Å². The van der Waals surface area contributed by atoms with E-state index in [9.17, 15) is 9.59 Å². The molecule has 6 atom stereocenters. The lowest BCUT2D eigenvalue weighted by Crippen LogP contribution is -2.53. The second-order valence-corrected chi connectivity index (χ2v) is 17.0. The number of likely N-dealkylation sites (tertiary alicyclic amines) is 2. The van der Waals surface area contributed by atoms with E-state index < -0.39 is 12.1 Å². The number of benzene rings is 3. The molecule has 2 aliphatic carbocycles. The Labute approximate surface area is 340 Å². The smallest absolute Gasteiger partial charge is 0.407 e. The number of amides is 2. The van der Waals surface area contributed by atoms with Gasteiger partial charge in [-0.05, 0) is 114 Å². The average molecular weight is 787 g/mol. The number of nitrogens with two attached hydrogens (primary N) is 1. The Hall–Kier alpha value is -4.91. The zero-order chi connectivity index (χ0) is 39.9. The normalized spacial score (nSPS) is 22.5. The van der Waals surface area contributed by atoms with Crippen LogP contribution in [0.1, 0.15) is 100 Å². The number of H-pyrrole nitrogens is 2. The maximum absolute atomic E-state index is 13.8. The van der Waals surface area contributed by atoms with Crippen molar-refractivity contribution in [3.8, 4) is 33.5 Å². The minimum atomic E-state index is -0.600. The predicted octanol–water partition coefficient (Wildman–Crippen LogP) is 7.89. The number of hydrogen-bond donors (Lipinski definition) is 4. The number of nitrogens with one attached hydrogen (secondary N) is 3. The Balaban J connectivity index is 0.918. The van der Waals surface area contributed by atoms with Crippen LogP contribution in [0.25, 0.3) is 44.5 Å².